The summed E-state index contributed by atoms with van der Waals surface area (Å²) in [7, 11) is 0. The second kappa shape index (κ2) is 8.08. The minimum absolute atomic E-state index is 0.214. The quantitative estimate of drug-likeness (QED) is 0.570. The highest BCUT2D eigenvalue weighted by Crippen LogP contribution is 2.22. The Morgan fingerprint density at radius 3 is 2.84 bits per heavy atom. The molecule has 2 aromatic carbocycles. The van der Waals surface area contributed by atoms with Crippen molar-refractivity contribution in [2.75, 3.05) is 13.2 Å². The molecule has 0 unspecified atom stereocenters. The van der Waals surface area contributed by atoms with Crippen molar-refractivity contribution < 1.29 is 9.53 Å². The van der Waals surface area contributed by atoms with Crippen molar-refractivity contribution in [2.24, 2.45) is 4.99 Å². The lowest BCUT2D eigenvalue weighted by Gasteiger charge is -2.05. The first-order chi connectivity index (χ1) is 12.1. The molecule has 1 heterocycles. The Morgan fingerprint density at radius 2 is 2.08 bits per heavy atom. The van der Waals surface area contributed by atoms with E-state index >= 15 is 0 Å². The molecular formula is C19H19BrN2O2S. The van der Waals surface area contributed by atoms with Gasteiger partial charge in [0.05, 0.1) is 16.8 Å². The van der Waals surface area contributed by atoms with Gasteiger partial charge in [-0.1, -0.05) is 45.5 Å². The second-order valence-corrected chi connectivity index (χ2v) is 7.50. The maximum absolute atomic E-state index is 12.6. The average molecular weight is 419 g/mol. The average Bonchev–Trinajstić information content (AvgIpc) is 2.92. The number of thiazole rings is 1. The number of nitrogens with zero attached hydrogens (tertiary/aromatic N) is 2. The van der Waals surface area contributed by atoms with Gasteiger partial charge < -0.3 is 9.30 Å². The van der Waals surface area contributed by atoms with Gasteiger partial charge in [0, 0.05) is 23.2 Å². The van der Waals surface area contributed by atoms with Gasteiger partial charge in [0.15, 0.2) is 4.80 Å². The van der Waals surface area contributed by atoms with E-state index in [1.165, 1.54) is 11.3 Å². The lowest BCUT2D eigenvalue weighted by molar-refractivity contribution is 0.0996. The molecule has 3 rings (SSSR count). The fourth-order valence-electron chi connectivity index (χ4n) is 2.61. The number of benzene rings is 2. The highest BCUT2D eigenvalue weighted by atomic mass is 79.9. The topological polar surface area (TPSA) is 43.6 Å². The van der Waals surface area contributed by atoms with Gasteiger partial charge in [0.25, 0.3) is 5.91 Å². The number of carbonyl (C=O) groups excluding carboxylic acids is 1. The third-order valence-corrected chi connectivity index (χ3v) is 5.42. The van der Waals surface area contributed by atoms with Crippen LogP contribution in [0, 0.1) is 6.92 Å². The lowest BCUT2D eigenvalue weighted by Crippen LogP contribution is -2.20. The van der Waals surface area contributed by atoms with Crippen LogP contribution in [0.1, 0.15) is 22.8 Å². The monoisotopic (exact) mass is 418 g/mol. The Kier molecular flexibility index (Phi) is 5.83. The van der Waals surface area contributed by atoms with Crippen molar-refractivity contribution >= 4 is 43.4 Å². The van der Waals surface area contributed by atoms with Gasteiger partial charge in [-0.2, -0.15) is 4.99 Å². The van der Waals surface area contributed by atoms with Crippen LogP contribution in [0.15, 0.2) is 51.9 Å². The van der Waals surface area contributed by atoms with Crippen LogP contribution < -0.4 is 4.80 Å². The zero-order valence-corrected chi connectivity index (χ0v) is 16.6. The maximum atomic E-state index is 12.6. The van der Waals surface area contributed by atoms with Crippen molar-refractivity contribution in [3.63, 3.8) is 0 Å². The van der Waals surface area contributed by atoms with Crippen LogP contribution in [-0.4, -0.2) is 23.7 Å². The van der Waals surface area contributed by atoms with E-state index in [1.54, 1.807) is 0 Å². The van der Waals surface area contributed by atoms with E-state index in [0.717, 1.165) is 20.3 Å². The molecule has 0 aliphatic carbocycles. The molecule has 3 aromatic rings. The predicted octanol–water partition coefficient (Wildman–Crippen LogP) is 4.55. The van der Waals surface area contributed by atoms with Crippen LogP contribution in [0.3, 0.4) is 0 Å². The van der Waals surface area contributed by atoms with Crippen LogP contribution in [-0.2, 0) is 11.3 Å². The summed E-state index contributed by atoms with van der Waals surface area (Å²) in [6.07, 6.45) is 0. The van der Waals surface area contributed by atoms with Gasteiger partial charge in [-0.3, -0.25) is 4.79 Å². The number of rotatable bonds is 5. The Hall–Kier alpha value is -1.76. The molecule has 0 atom stereocenters. The van der Waals surface area contributed by atoms with E-state index in [0.29, 0.717) is 30.1 Å². The number of halogens is 1. The van der Waals surface area contributed by atoms with Crippen LogP contribution >= 0.6 is 27.3 Å². The van der Waals surface area contributed by atoms with Crippen LogP contribution in [0.5, 0.6) is 0 Å². The first-order valence-electron chi connectivity index (χ1n) is 8.11. The molecule has 1 aromatic heterocycles. The smallest absolute Gasteiger partial charge is 0.279 e. The zero-order chi connectivity index (χ0) is 17.8. The fraction of sp³-hybridized carbons (Fsp3) is 0.263. The molecule has 0 bridgehead atoms. The minimum Gasteiger partial charge on any atom is -0.380 e. The summed E-state index contributed by atoms with van der Waals surface area (Å²) in [5, 5.41) is 0. The Labute approximate surface area is 158 Å². The van der Waals surface area contributed by atoms with E-state index in [4.69, 9.17) is 4.74 Å². The molecule has 130 valence electrons. The summed E-state index contributed by atoms with van der Waals surface area (Å²) in [6.45, 7) is 5.82. The highest BCUT2D eigenvalue weighted by molar-refractivity contribution is 9.10. The molecule has 4 nitrogen and oxygen atoms in total. The molecule has 0 saturated heterocycles. The highest BCUT2D eigenvalue weighted by Gasteiger charge is 2.11. The van der Waals surface area contributed by atoms with Crippen molar-refractivity contribution in [2.45, 2.75) is 20.4 Å². The number of aryl methyl sites for hydroxylation is 1. The van der Waals surface area contributed by atoms with Crippen LogP contribution in [0.25, 0.3) is 10.2 Å². The summed E-state index contributed by atoms with van der Waals surface area (Å²) in [4.78, 5) is 17.7. The van der Waals surface area contributed by atoms with E-state index in [2.05, 4.69) is 31.6 Å². The van der Waals surface area contributed by atoms with Crippen LogP contribution in [0.2, 0.25) is 0 Å². The number of aromatic nitrogens is 1. The van der Waals surface area contributed by atoms with E-state index in [-0.39, 0.29) is 5.91 Å². The molecule has 25 heavy (non-hydrogen) atoms. The number of fused-ring (bicyclic) bond motifs is 1. The molecule has 0 fully saturated rings. The van der Waals surface area contributed by atoms with Gasteiger partial charge in [0.1, 0.15) is 0 Å². The third-order valence-electron chi connectivity index (χ3n) is 3.88. The Balaban J connectivity index is 2.08. The number of amides is 1. The first kappa shape index (κ1) is 18.0. The van der Waals surface area contributed by atoms with E-state index < -0.39 is 0 Å². The van der Waals surface area contributed by atoms with Gasteiger partial charge in [-0.25, -0.2) is 0 Å². The van der Waals surface area contributed by atoms with E-state index in [9.17, 15) is 4.79 Å². The summed E-state index contributed by atoms with van der Waals surface area (Å²) < 4.78 is 9.64. The fourth-order valence-corrected chi connectivity index (χ4v) is 4.21. The molecule has 0 radical (unpaired) electrons. The molecule has 1 amide bonds. The first-order valence-corrected chi connectivity index (χ1v) is 9.72. The molecule has 0 N–H and O–H groups in total. The summed E-state index contributed by atoms with van der Waals surface area (Å²) in [5.74, 6) is -0.214. The molecule has 0 aliphatic rings. The van der Waals surface area contributed by atoms with Crippen LogP contribution in [0.4, 0.5) is 0 Å². The largest absolute Gasteiger partial charge is 0.380 e. The summed E-state index contributed by atoms with van der Waals surface area (Å²) in [6, 6.07) is 13.6. The van der Waals surface area contributed by atoms with Gasteiger partial charge in [-0.05, 0) is 43.7 Å². The lowest BCUT2D eigenvalue weighted by atomic mass is 10.1. The van der Waals surface area contributed by atoms with Crippen molar-refractivity contribution in [1.82, 2.24) is 4.57 Å². The Morgan fingerprint density at radius 1 is 1.28 bits per heavy atom. The number of carbonyl (C=O) groups is 1. The molecule has 0 saturated carbocycles. The third kappa shape index (κ3) is 4.08. The standard InChI is InChI=1S/C19H19BrN2O2S/c1-3-24-11-10-22-16-9-8-14(20)12-17(16)25-19(22)21-18(23)15-7-5-4-6-13(15)2/h4-9,12H,3,10-11H2,1-2H3. The predicted molar refractivity (Wildman–Crippen MR) is 105 cm³/mol. The molecule has 6 heteroatoms. The number of hydrogen-bond donors (Lipinski definition) is 0. The van der Waals surface area contributed by atoms with Crippen molar-refractivity contribution in [3.05, 3.63) is 62.9 Å². The van der Waals surface area contributed by atoms with Gasteiger partial charge in [-0.15, -0.1) is 0 Å². The van der Waals surface area contributed by atoms with Gasteiger partial charge >= 0.3 is 0 Å². The second-order valence-electron chi connectivity index (χ2n) is 5.58. The molecule has 0 spiro atoms. The normalized spacial score (nSPS) is 12.0. The molecule has 0 aliphatic heterocycles. The Bertz CT molecular complexity index is 975. The maximum Gasteiger partial charge on any atom is 0.279 e. The molecular weight excluding hydrogens is 400 g/mol. The van der Waals surface area contributed by atoms with Gasteiger partial charge in [0.2, 0.25) is 0 Å². The zero-order valence-electron chi connectivity index (χ0n) is 14.2. The summed E-state index contributed by atoms with van der Waals surface area (Å²) in [5.41, 5.74) is 2.63. The number of hydrogen-bond acceptors (Lipinski definition) is 3. The SMILES string of the molecule is CCOCCn1c(=NC(=O)c2ccccc2C)sc2cc(Br)ccc21. The van der Waals surface area contributed by atoms with E-state index in [1.807, 2.05) is 50.2 Å². The number of ether oxygens (including phenoxy) is 1. The van der Waals surface area contributed by atoms with Crippen molar-refractivity contribution in [1.29, 1.82) is 0 Å². The van der Waals surface area contributed by atoms with Crippen molar-refractivity contribution in [3.8, 4) is 0 Å². The summed E-state index contributed by atoms with van der Waals surface area (Å²) >= 11 is 5.02. The minimum atomic E-state index is -0.214.